The van der Waals surface area contributed by atoms with Gasteiger partial charge >= 0.3 is 0 Å². The summed E-state index contributed by atoms with van der Waals surface area (Å²) in [7, 11) is -4.18. The molecule has 0 aliphatic carbocycles. The molecular formula is C34H34BrCl2N3O4S. The smallest absolute Gasteiger partial charge is 0.264 e. The van der Waals surface area contributed by atoms with E-state index in [1.54, 1.807) is 60.7 Å². The predicted octanol–water partition coefficient (Wildman–Crippen LogP) is 7.36. The first-order valence-corrected chi connectivity index (χ1v) is 17.3. The topological polar surface area (TPSA) is 86.8 Å². The Kier molecular flexibility index (Phi) is 12.1. The summed E-state index contributed by atoms with van der Waals surface area (Å²) in [5.41, 5.74) is 1.69. The number of anilines is 1. The number of hydrogen-bond acceptors (Lipinski definition) is 4. The fraction of sp³-hybridized carbons (Fsp3) is 0.235. The average molecular weight is 732 g/mol. The van der Waals surface area contributed by atoms with Crippen LogP contribution in [0.15, 0.2) is 112 Å². The van der Waals surface area contributed by atoms with Gasteiger partial charge in [0.25, 0.3) is 10.0 Å². The molecule has 11 heteroatoms. The molecule has 0 aliphatic heterocycles. The zero-order chi connectivity index (χ0) is 32.6. The maximum atomic E-state index is 14.5. The molecule has 236 valence electrons. The van der Waals surface area contributed by atoms with Crippen molar-refractivity contribution >= 4 is 66.7 Å². The summed E-state index contributed by atoms with van der Waals surface area (Å²) in [6, 6.07) is 27.9. The molecule has 0 saturated carbocycles. The summed E-state index contributed by atoms with van der Waals surface area (Å²) >= 11 is 16.1. The lowest BCUT2D eigenvalue weighted by atomic mass is 10.0. The van der Waals surface area contributed by atoms with Crippen LogP contribution in [0.25, 0.3) is 0 Å². The molecule has 45 heavy (non-hydrogen) atoms. The minimum Gasteiger partial charge on any atom is -0.354 e. The Labute approximate surface area is 283 Å². The van der Waals surface area contributed by atoms with Crippen molar-refractivity contribution in [3.8, 4) is 0 Å². The SMILES string of the molecule is CC(C)CNC(=O)[C@@H](Cc1ccccc1)N(Cc1ccc(Cl)cc1Cl)C(=O)CN(c1ccc(Br)cc1)S(=O)(=O)c1ccccc1. The summed E-state index contributed by atoms with van der Waals surface area (Å²) in [6.07, 6.45) is 0.200. The van der Waals surface area contributed by atoms with E-state index in [1.165, 1.54) is 17.0 Å². The van der Waals surface area contributed by atoms with Crippen LogP contribution < -0.4 is 9.62 Å². The van der Waals surface area contributed by atoms with Gasteiger partial charge in [0, 0.05) is 34.0 Å². The van der Waals surface area contributed by atoms with Gasteiger partial charge in [0.05, 0.1) is 10.6 Å². The second kappa shape index (κ2) is 15.8. The number of sulfonamides is 1. The highest BCUT2D eigenvalue weighted by molar-refractivity contribution is 9.10. The molecule has 0 heterocycles. The number of nitrogens with zero attached hydrogens (tertiary/aromatic N) is 2. The zero-order valence-electron chi connectivity index (χ0n) is 24.9. The minimum absolute atomic E-state index is 0.0310. The van der Waals surface area contributed by atoms with E-state index >= 15 is 0 Å². The molecule has 4 aromatic rings. The van der Waals surface area contributed by atoms with Gasteiger partial charge in [0.15, 0.2) is 0 Å². The van der Waals surface area contributed by atoms with Crippen LogP contribution in [0, 0.1) is 5.92 Å². The van der Waals surface area contributed by atoms with Gasteiger partial charge in [-0.3, -0.25) is 13.9 Å². The number of amides is 2. The van der Waals surface area contributed by atoms with Crippen molar-refractivity contribution in [2.45, 2.75) is 37.8 Å². The first kappa shape index (κ1) is 34.5. The lowest BCUT2D eigenvalue weighted by Crippen LogP contribution is -2.53. The summed E-state index contributed by atoms with van der Waals surface area (Å²) in [4.78, 5) is 29.8. The van der Waals surface area contributed by atoms with Crippen molar-refractivity contribution in [1.82, 2.24) is 10.2 Å². The van der Waals surface area contributed by atoms with Crippen LogP contribution >= 0.6 is 39.1 Å². The van der Waals surface area contributed by atoms with Crippen LogP contribution in [0.3, 0.4) is 0 Å². The third-order valence-electron chi connectivity index (χ3n) is 7.04. The van der Waals surface area contributed by atoms with E-state index < -0.39 is 28.5 Å². The summed E-state index contributed by atoms with van der Waals surface area (Å²) in [5, 5.41) is 3.72. The van der Waals surface area contributed by atoms with Crippen molar-refractivity contribution in [2.75, 3.05) is 17.4 Å². The highest BCUT2D eigenvalue weighted by atomic mass is 79.9. The Morgan fingerprint density at radius 2 is 1.49 bits per heavy atom. The van der Waals surface area contributed by atoms with E-state index in [2.05, 4.69) is 21.2 Å². The molecular weight excluding hydrogens is 697 g/mol. The lowest BCUT2D eigenvalue weighted by molar-refractivity contribution is -0.140. The zero-order valence-corrected chi connectivity index (χ0v) is 28.8. The Bertz CT molecular complexity index is 1710. The average Bonchev–Trinajstić information content (AvgIpc) is 3.02. The van der Waals surface area contributed by atoms with Gasteiger partial charge < -0.3 is 10.2 Å². The molecule has 2 amide bonds. The lowest BCUT2D eigenvalue weighted by Gasteiger charge is -2.34. The van der Waals surface area contributed by atoms with E-state index in [4.69, 9.17) is 23.2 Å². The minimum atomic E-state index is -4.18. The molecule has 1 N–H and O–H groups in total. The van der Waals surface area contributed by atoms with Gasteiger partial charge in [-0.1, -0.05) is 108 Å². The monoisotopic (exact) mass is 729 g/mol. The van der Waals surface area contributed by atoms with E-state index in [9.17, 15) is 18.0 Å². The summed E-state index contributed by atoms with van der Waals surface area (Å²) < 4.78 is 29.9. The van der Waals surface area contributed by atoms with Gasteiger partial charge in [0.2, 0.25) is 11.8 Å². The highest BCUT2D eigenvalue weighted by Crippen LogP contribution is 2.28. The normalized spacial score (nSPS) is 12.0. The molecule has 7 nitrogen and oxygen atoms in total. The van der Waals surface area contributed by atoms with Crippen LogP contribution in [-0.2, 0) is 32.6 Å². The Morgan fingerprint density at radius 1 is 0.867 bits per heavy atom. The van der Waals surface area contributed by atoms with Crippen LogP contribution in [0.2, 0.25) is 10.0 Å². The standard InChI is InChI=1S/C34H34BrCl2N3O4S/c1-24(2)21-38-34(42)32(19-25-9-5-3-6-10-25)39(22-26-13-16-28(36)20-31(26)37)33(41)23-40(29-17-14-27(35)15-18-29)45(43,44)30-11-7-4-8-12-30/h3-18,20,24,32H,19,21-23H2,1-2H3,(H,38,42)/t32-/m1/s1. The van der Waals surface area contributed by atoms with Gasteiger partial charge in [-0.25, -0.2) is 8.42 Å². The van der Waals surface area contributed by atoms with E-state index in [0.717, 1.165) is 14.3 Å². The first-order chi connectivity index (χ1) is 21.5. The molecule has 1 atom stereocenters. The van der Waals surface area contributed by atoms with Gasteiger partial charge in [0.1, 0.15) is 12.6 Å². The Morgan fingerprint density at radius 3 is 2.09 bits per heavy atom. The molecule has 0 aromatic heterocycles. The maximum Gasteiger partial charge on any atom is 0.264 e. The van der Waals surface area contributed by atoms with Crippen LogP contribution in [-0.4, -0.2) is 44.3 Å². The van der Waals surface area contributed by atoms with E-state index in [-0.39, 0.29) is 29.7 Å². The predicted molar refractivity (Wildman–Crippen MR) is 184 cm³/mol. The Hall–Kier alpha value is -3.37. The second-order valence-corrected chi connectivity index (χ2v) is 14.5. The van der Waals surface area contributed by atoms with Crippen molar-refractivity contribution in [1.29, 1.82) is 0 Å². The molecule has 0 saturated heterocycles. The van der Waals surface area contributed by atoms with Gasteiger partial charge in [-0.15, -0.1) is 0 Å². The molecule has 0 aliphatic rings. The second-order valence-electron chi connectivity index (χ2n) is 10.9. The number of nitrogens with one attached hydrogen (secondary N) is 1. The van der Waals surface area contributed by atoms with Crippen molar-refractivity contribution < 1.29 is 18.0 Å². The number of benzene rings is 4. The highest BCUT2D eigenvalue weighted by Gasteiger charge is 2.35. The Balaban J connectivity index is 1.81. The number of rotatable bonds is 13. The third kappa shape index (κ3) is 9.33. The molecule has 0 fully saturated rings. The number of hydrogen-bond donors (Lipinski definition) is 1. The van der Waals surface area contributed by atoms with E-state index in [0.29, 0.717) is 27.8 Å². The molecule has 0 unspecified atom stereocenters. The summed E-state index contributed by atoms with van der Waals surface area (Å²) in [5.74, 6) is -0.763. The fourth-order valence-electron chi connectivity index (χ4n) is 4.67. The largest absolute Gasteiger partial charge is 0.354 e. The van der Waals surface area contributed by atoms with Crippen LogP contribution in [0.4, 0.5) is 5.69 Å². The van der Waals surface area contributed by atoms with Crippen molar-refractivity contribution in [3.63, 3.8) is 0 Å². The number of carbonyl (C=O) groups excluding carboxylic acids is 2. The molecule has 0 bridgehead atoms. The van der Waals surface area contributed by atoms with Crippen LogP contribution in [0.1, 0.15) is 25.0 Å². The molecule has 0 radical (unpaired) electrons. The summed E-state index contributed by atoms with van der Waals surface area (Å²) in [6.45, 7) is 3.75. The fourth-order valence-corrected chi connectivity index (χ4v) is 6.83. The van der Waals surface area contributed by atoms with Crippen molar-refractivity contribution in [2.24, 2.45) is 5.92 Å². The van der Waals surface area contributed by atoms with Crippen molar-refractivity contribution in [3.05, 3.63) is 129 Å². The van der Waals surface area contributed by atoms with Crippen LogP contribution in [0.5, 0.6) is 0 Å². The molecule has 4 aromatic carbocycles. The van der Waals surface area contributed by atoms with Gasteiger partial charge in [-0.2, -0.15) is 0 Å². The molecule has 4 rings (SSSR count). The van der Waals surface area contributed by atoms with Gasteiger partial charge in [-0.05, 0) is 65.6 Å². The first-order valence-electron chi connectivity index (χ1n) is 14.3. The number of halogens is 3. The quantitative estimate of drug-likeness (QED) is 0.156. The number of carbonyl (C=O) groups is 2. The maximum absolute atomic E-state index is 14.5. The van der Waals surface area contributed by atoms with E-state index in [1.807, 2.05) is 44.2 Å². The molecule has 0 spiro atoms. The third-order valence-corrected chi connectivity index (χ3v) is 9.94.